The van der Waals surface area contributed by atoms with Gasteiger partial charge in [-0.1, -0.05) is 12.1 Å². The molecule has 84 valence electrons. The Hall–Kier alpha value is -0.940. The minimum Gasteiger partial charge on any atom is -0.387 e. The number of aliphatic hydroxyl groups is 1. The van der Waals surface area contributed by atoms with Crippen molar-refractivity contribution in [3.05, 3.63) is 35.6 Å². The molecule has 0 saturated heterocycles. The molecule has 2 unspecified atom stereocenters. The van der Waals surface area contributed by atoms with Crippen molar-refractivity contribution in [2.24, 2.45) is 0 Å². The molecule has 0 bridgehead atoms. The van der Waals surface area contributed by atoms with Crippen molar-refractivity contribution in [3.63, 3.8) is 0 Å². The zero-order valence-electron chi connectivity index (χ0n) is 8.51. The maximum atomic E-state index is 12.6. The first-order chi connectivity index (χ1) is 6.82. The van der Waals surface area contributed by atoms with E-state index in [9.17, 15) is 17.9 Å². The van der Waals surface area contributed by atoms with Gasteiger partial charge in [0.05, 0.1) is 11.4 Å². The minimum absolute atomic E-state index is 0.398. The van der Waals surface area contributed by atoms with Crippen LogP contribution in [0.25, 0.3) is 0 Å². The summed E-state index contributed by atoms with van der Waals surface area (Å²) in [6.07, 6.45) is -0.0645. The Morgan fingerprint density at radius 1 is 1.27 bits per heavy atom. The average Bonchev–Trinajstić information content (AvgIpc) is 2.15. The third kappa shape index (κ3) is 3.00. The quantitative estimate of drug-likeness (QED) is 0.854. The maximum Gasteiger partial charge on any atom is 0.152 e. The van der Waals surface area contributed by atoms with E-state index >= 15 is 0 Å². The van der Waals surface area contributed by atoms with Crippen molar-refractivity contribution in [3.8, 4) is 0 Å². The van der Waals surface area contributed by atoms with E-state index in [1.807, 2.05) is 0 Å². The lowest BCUT2D eigenvalue weighted by molar-refractivity contribution is 0.176. The van der Waals surface area contributed by atoms with Crippen LogP contribution in [-0.2, 0) is 9.84 Å². The zero-order chi connectivity index (χ0) is 11.6. The Morgan fingerprint density at radius 3 is 2.13 bits per heavy atom. The highest BCUT2D eigenvalue weighted by molar-refractivity contribution is 7.91. The molecular weight excluding hydrogens is 219 g/mol. The zero-order valence-corrected chi connectivity index (χ0v) is 9.33. The van der Waals surface area contributed by atoms with Crippen LogP contribution < -0.4 is 0 Å². The van der Waals surface area contributed by atoms with E-state index in [4.69, 9.17) is 0 Å². The highest BCUT2D eigenvalue weighted by Gasteiger charge is 2.25. The minimum atomic E-state index is -3.30. The fourth-order valence-electron chi connectivity index (χ4n) is 1.17. The largest absolute Gasteiger partial charge is 0.387 e. The first kappa shape index (κ1) is 12.1. The molecule has 0 spiro atoms. The summed E-state index contributed by atoms with van der Waals surface area (Å²) in [6, 6.07) is 5.13. The first-order valence-electron chi connectivity index (χ1n) is 4.45. The lowest BCUT2D eigenvalue weighted by atomic mass is 10.1. The van der Waals surface area contributed by atoms with Gasteiger partial charge in [0, 0.05) is 6.26 Å². The summed E-state index contributed by atoms with van der Waals surface area (Å²) in [6.45, 7) is 1.42. The molecule has 1 rings (SSSR count). The summed E-state index contributed by atoms with van der Waals surface area (Å²) in [5.74, 6) is -0.419. The van der Waals surface area contributed by atoms with Crippen molar-refractivity contribution in [1.29, 1.82) is 0 Å². The van der Waals surface area contributed by atoms with Gasteiger partial charge >= 0.3 is 0 Å². The number of rotatable bonds is 3. The van der Waals surface area contributed by atoms with E-state index < -0.39 is 27.0 Å². The summed E-state index contributed by atoms with van der Waals surface area (Å²) in [5.41, 5.74) is 0.398. The van der Waals surface area contributed by atoms with Crippen LogP contribution in [0.5, 0.6) is 0 Å². The molecule has 0 aliphatic rings. The molecule has 1 N–H and O–H groups in total. The average molecular weight is 232 g/mol. The van der Waals surface area contributed by atoms with Crippen molar-refractivity contribution in [1.82, 2.24) is 0 Å². The van der Waals surface area contributed by atoms with Gasteiger partial charge in [-0.2, -0.15) is 0 Å². The second-order valence-electron chi connectivity index (χ2n) is 3.53. The molecule has 0 radical (unpaired) electrons. The summed E-state index contributed by atoms with van der Waals surface area (Å²) < 4.78 is 34.9. The number of benzene rings is 1. The van der Waals surface area contributed by atoms with Gasteiger partial charge in [0.1, 0.15) is 5.82 Å². The van der Waals surface area contributed by atoms with Crippen molar-refractivity contribution in [2.75, 3.05) is 6.26 Å². The summed E-state index contributed by atoms with van der Waals surface area (Å²) >= 11 is 0. The molecule has 0 amide bonds. The highest BCUT2D eigenvalue weighted by Crippen LogP contribution is 2.21. The predicted octanol–water partition coefficient (Wildman–Crippen LogP) is 1.29. The van der Waals surface area contributed by atoms with Crippen LogP contribution in [0.2, 0.25) is 0 Å². The van der Waals surface area contributed by atoms with Crippen LogP contribution in [0, 0.1) is 5.82 Å². The molecule has 0 fully saturated rings. The molecule has 0 aromatic heterocycles. The molecule has 5 heteroatoms. The van der Waals surface area contributed by atoms with E-state index in [0.29, 0.717) is 5.56 Å². The van der Waals surface area contributed by atoms with Gasteiger partial charge in [-0.15, -0.1) is 0 Å². The molecule has 1 aromatic carbocycles. The Morgan fingerprint density at radius 2 is 1.73 bits per heavy atom. The van der Waals surface area contributed by atoms with Gasteiger partial charge < -0.3 is 5.11 Å². The van der Waals surface area contributed by atoms with Gasteiger partial charge in [-0.25, -0.2) is 12.8 Å². The second kappa shape index (κ2) is 4.28. The lowest BCUT2D eigenvalue weighted by Crippen LogP contribution is -2.24. The van der Waals surface area contributed by atoms with Crippen molar-refractivity contribution in [2.45, 2.75) is 18.3 Å². The van der Waals surface area contributed by atoms with Crippen molar-refractivity contribution < 1.29 is 17.9 Å². The Kier molecular flexibility index (Phi) is 3.46. The molecule has 0 saturated carbocycles. The highest BCUT2D eigenvalue weighted by atomic mass is 32.2. The fraction of sp³-hybridized carbons (Fsp3) is 0.400. The molecule has 3 nitrogen and oxygen atoms in total. The molecule has 0 heterocycles. The number of halogens is 1. The number of aliphatic hydroxyl groups excluding tert-OH is 1. The Bertz CT molecular complexity index is 424. The fourth-order valence-corrected chi connectivity index (χ4v) is 1.79. The van der Waals surface area contributed by atoms with Crippen molar-refractivity contribution >= 4 is 9.84 Å². The van der Waals surface area contributed by atoms with Crippen LogP contribution in [0.4, 0.5) is 4.39 Å². The van der Waals surface area contributed by atoms with Gasteiger partial charge in [0.25, 0.3) is 0 Å². The van der Waals surface area contributed by atoms with Gasteiger partial charge in [0.15, 0.2) is 9.84 Å². The number of hydrogen-bond donors (Lipinski definition) is 1. The van der Waals surface area contributed by atoms with Crippen LogP contribution in [0.15, 0.2) is 24.3 Å². The van der Waals surface area contributed by atoms with Gasteiger partial charge in [-0.3, -0.25) is 0 Å². The molecule has 1 aromatic rings. The number of sulfone groups is 1. The smallest absolute Gasteiger partial charge is 0.152 e. The SMILES string of the molecule is CC(C(O)c1ccc(F)cc1)S(C)(=O)=O. The third-order valence-corrected chi connectivity index (χ3v) is 3.94. The summed E-state index contributed by atoms with van der Waals surface area (Å²) in [4.78, 5) is 0. The summed E-state index contributed by atoms with van der Waals surface area (Å²) in [5, 5.41) is 8.81. The molecule has 15 heavy (non-hydrogen) atoms. The van der Waals surface area contributed by atoms with E-state index in [1.54, 1.807) is 0 Å². The van der Waals surface area contributed by atoms with E-state index in [-0.39, 0.29) is 0 Å². The lowest BCUT2D eigenvalue weighted by Gasteiger charge is -2.17. The van der Waals surface area contributed by atoms with Gasteiger partial charge in [-0.05, 0) is 24.6 Å². The van der Waals surface area contributed by atoms with Crippen LogP contribution >= 0.6 is 0 Å². The third-order valence-electron chi connectivity index (χ3n) is 2.33. The maximum absolute atomic E-state index is 12.6. The summed E-state index contributed by atoms with van der Waals surface area (Å²) in [7, 11) is -3.30. The Balaban J connectivity index is 2.95. The van der Waals surface area contributed by atoms with E-state index in [0.717, 1.165) is 6.26 Å². The van der Waals surface area contributed by atoms with Crippen LogP contribution in [-0.4, -0.2) is 25.0 Å². The first-order valence-corrected chi connectivity index (χ1v) is 6.40. The molecule has 0 aliphatic carbocycles. The van der Waals surface area contributed by atoms with Gasteiger partial charge in [0.2, 0.25) is 0 Å². The molecule has 2 atom stereocenters. The number of hydrogen-bond acceptors (Lipinski definition) is 3. The monoisotopic (exact) mass is 232 g/mol. The topological polar surface area (TPSA) is 54.4 Å². The second-order valence-corrected chi connectivity index (χ2v) is 5.93. The normalized spacial score (nSPS) is 16.0. The van der Waals surface area contributed by atoms with E-state index in [2.05, 4.69) is 0 Å². The standard InChI is InChI=1S/C10H13FO3S/c1-7(15(2,13)14)10(12)8-3-5-9(11)6-4-8/h3-7,10,12H,1-2H3. The molecule has 0 aliphatic heterocycles. The molecular formula is C10H13FO3S. The van der Waals surface area contributed by atoms with E-state index in [1.165, 1.54) is 31.2 Å². The predicted molar refractivity (Wildman–Crippen MR) is 55.7 cm³/mol. The Labute approximate surface area is 88.5 Å². The van der Waals surface area contributed by atoms with Crippen LogP contribution in [0.3, 0.4) is 0 Å². The van der Waals surface area contributed by atoms with Crippen LogP contribution in [0.1, 0.15) is 18.6 Å².